The molecule has 0 spiro atoms. The number of ether oxygens (including phenoxy) is 1. The first-order valence-corrected chi connectivity index (χ1v) is 12.2. The van der Waals surface area contributed by atoms with E-state index >= 15 is 0 Å². The van der Waals surface area contributed by atoms with Crippen LogP contribution < -0.4 is 0 Å². The second-order valence-corrected chi connectivity index (χ2v) is 8.73. The highest BCUT2D eigenvalue weighted by atomic mass is 35.5. The maximum absolute atomic E-state index is 9.82. The number of carbonyl (C=O) groups excluding carboxylic acids is 1. The number of rotatable bonds is 17. The number of unbranched alkanes of at least 4 members (excludes halogenated alkanes) is 9. The Balaban J connectivity index is 0. The van der Waals surface area contributed by atoms with Crippen LogP contribution in [-0.4, -0.2) is 23.3 Å². The van der Waals surface area contributed by atoms with Crippen molar-refractivity contribution in [1.82, 2.24) is 0 Å². The Morgan fingerprint density at radius 3 is 1.44 bits per heavy atom. The molecule has 0 saturated heterocycles. The molecule has 0 aromatic rings. The molecule has 0 N–H and O–H groups in total. The molecule has 0 rings (SSSR count). The fourth-order valence-electron chi connectivity index (χ4n) is 3.21. The van der Waals surface area contributed by atoms with Gasteiger partial charge >= 0.3 is 5.97 Å². The summed E-state index contributed by atoms with van der Waals surface area (Å²) < 4.78 is 4.40. The van der Waals surface area contributed by atoms with E-state index < -0.39 is 0 Å². The molecule has 0 unspecified atom stereocenters. The van der Waals surface area contributed by atoms with Gasteiger partial charge in [-0.2, -0.15) is 0 Å². The van der Waals surface area contributed by atoms with Crippen LogP contribution in [0.5, 0.6) is 0 Å². The third kappa shape index (κ3) is 24.0. The van der Waals surface area contributed by atoms with Crippen molar-refractivity contribution in [2.75, 3.05) is 12.5 Å². The maximum atomic E-state index is 9.82. The lowest BCUT2D eigenvalue weighted by molar-refractivity contribution is -0.140. The van der Waals surface area contributed by atoms with Crippen LogP contribution in [0.3, 0.4) is 0 Å². The molecule has 0 fully saturated rings. The number of hydrogen-bond acceptors (Lipinski definition) is 2. The number of carbonyl (C=O) groups is 1. The SMILES string of the molecule is CCCCCCC(Cl)(CCCCCC)CCCCCCCl.CCOC(C)=O. The predicted molar refractivity (Wildman–Crippen MR) is 122 cm³/mol. The van der Waals surface area contributed by atoms with E-state index in [1.54, 1.807) is 6.92 Å². The van der Waals surface area contributed by atoms with Gasteiger partial charge in [-0.1, -0.05) is 84.5 Å². The van der Waals surface area contributed by atoms with Gasteiger partial charge in [-0.3, -0.25) is 4.79 Å². The molecule has 0 radical (unpaired) electrons. The van der Waals surface area contributed by atoms with Gasteiger partial charge in [-0.15, -0.1) is 23.2 Å². The van der Waals surface area contributed by atoms with Crippen molar-refractivity contribution in [3.8, 4) is 0 Å². The molecule has 0 aromatic heterocycles. The van der Waals surface area contributed by atoms with Crippen molar-refractivity contribution in [2.24, 2.45) is 0 Å². The van der Waals surface area contributed by atoms with Crippen molar-refractivity contribution < 1.29 is 9.53 Å². The summed E-state index contributed by atoms with van der Waals surface area (Å²) in [5.41, 5.74) is 0. The summed E-state index contributed by atoms with van der Waals surface area (Å²) in [6, 6.07) is 0. The van der Waals surface area contributed by atoms with Crippen molar-refractivity contribution in [1.29, 1.82) is 0 Å². The highest BCUT2D eigenvalue weighted by molar-refractivity contribution is 6.23. The topological polar surface area (TPSA) is 26.3 Å². The smallest absolute Gasteiger partial charge is 0.302 e. The molecular weight excluding hydrogens is 379 g/mol. The first-order chi connectivity index (χ1) is 13.0. The molecular formula is C23H46Cl2O2. The van der Waals surface area contributed by atoms with Crippen molar-refractivity contribution in [2.45, 2.75) is 129 Å². The summed E-state index contributed by atoms with van der Waals surface area (Å²) in [4.78, 5) is 9.91. The average Bonchev–Trinajstić information content (AvgIpc) is 2.63. The molecule has 164 valence electrons. The van der Waals surface area contributed by atoms with E-state index in [0.717, 1.165) is 12.3 Å². The lowest BCUT2D eigenvalue weighted by Crippen LogP contribution is -2.21. The van der Waals surface area contributed by atoms with E-state index in [1.165, 1.54) is 96.8 Å². The molecule has 0 aliphatic heterocycles. The summed E-state index contributed by atoms with van der Waals surface area (Å²) >= 11 is 12.7. The Morgan fingerprint density at radius 1 is 0.741 bits per heavy atom. The Kier molecular flexibility index (Phi) is 24.2. The number of alkyl halides is 2. The zero-order valence-electron chi connectivity index (χ0n) is 18.6. The minimum Gasteiger partial charge on any atom is -0.466 e. The molecule has 27 heavy (non-hydrogen) atoms. The summed E-state index contributed by atoms with van der Waals surface area (Å²) in [5.74, 6) is 0.595. The Bertz CT molecular complexity index is 297. The van der Waals surface area contributed by atoms with E-state index in [9.17, 15) is 4.79 Å². The molecule has 0 atom stereocenters. The van der Waals surface area contributed by atoms with Gasteiger partial charge in [0.25, 0.3) is 0 Å². The molecule has 0 heterocycles. The Morgan fingerprint density at radius 2 is 1.15 bits per heavy atom. The largest absolute Gasteiger partial charge is 0.466 e. The third-order valence-electron chi connectivity index (χ3n) is 4.81. The Hall–Kier alpha value is 0.0500. The number of halogens is 2. The van der Waals surface area contributed by atoms with Crippen molar-refractivity contribution in [3.63, 3.8) is 0 Å². The minimum absolute atomic E-state index is 0.0858. The van der Waals surface area contributed by atoms with Crippen LogP contribution in [0.4, 0.5) is 0 Å². The van der Waals surface area contributed by atoms with Crippen LogP contribution in [0, 0.1) is 0 Å². The second-order valence-electron chi connectivity index (χ2n) is 7.55. The molecule has 0 aliphatic carbocycles. The van der Waals surface area contributed by atoms with Gasteiger partial charge in [0.1, 0.15) is 0 Å². The van der Waals surface area contributed by atoms with Gasteiger partial charge in [0, 0.05) is 17.7 Å². The van der Waals surface area contributed by atoms with E-state index in [-0.39, 0.29) is 10.8 Å². The Labute approximate surface area is 180 Å². The standard InChI is InChI=1S/C19H38Cl2.C4H8O2/c1-3-5-7-11-15-19(21,16-12-8-6-4-2)17-13-9-10-14-18-20;1-3-6-4(2)5/h3-18H2,1-2H3;3H2,1-2H3. The van der Waals surface area contributed by atoms with Gasteiger partial charge in [-0.05, 0) is 32.6 Å². The van der Waals surface area contributed by atoms with E-state index in [0.29, 0.717) is 6.61 Å². The lowest BCUT2D eigenvalue weighted by atomic mass is 9.88. The van der Waals surface area contributed by atoms with Crippen LogP contribution in [-0.2, 0) is 9.53 Å². The molecule has 4 heteroatoms. The second kappa shape index (κ2) is 22.3. The highest BCUT2D eigenvalue weighted by Gasteiger charge is 2.25. The van der Waals surface area contributed by atoms with Gasteiger partial charge < -0.3 is 4.74 Å². The van der Waals surface area contributed by atoms with E-state index in [2.05, 4.69) is 18.6 Å². The first-order valence-electron chi connectivity index (χ1n) is 11.3. The quantitative estimate of drug-likeness (QED) is 0.132. The van der Waals surface area contributed by atoms with Gasteiger partial charge in [0.15, 0.2) is 0 Å². The fraction of sp³-hybridized carbons (Fsp3) is 0.957. The van der Waals surface area contributed by atoms with E-state index in [4.69, 9.17) is 23.2 Å². The van der Waals surface area contributed by atoms with Crippen LogP contribution >= 0.6 is 23.2 Å². The van der Waals surface area contributed by atoms with Gasteiger partial charge in [0.05, 0.1) is 6.61 Å². The number of hydrogen-bond donors (Lipinski definition) is 0. The fourth-order valence-corrected chi connectivity index (χ4v) is 3.80. The molecule has 0 amide bonds. The number of esters is 1. The van der Waals surface area contributed by atoms with Crippen LogP contribution in [0.2, 0.25) is 0 Å². The molecule has 0 aliphatic rings. The summed E-state index contributed by atoms with van der Waals surface area (Å²) in [6.45, 7) is 8.20. The lowest BCUT2D eigenvalue weighted by Gasteiger charge is -2.27. The zero-order chi connectivity index (χ0) is 20.8. The van der Waals surface area contributed by atoms with Crippen LogP contribution in [0.15, 0.2) is 0 Å². The zero-order valence-corrected chi connectivity index (χ0v) is 20.1. The molecule has 0 aromatic carbocycles. The van der Waals surface area contributed by atoms with E-state index in [1.807, 2.05) is 0 Å². The summed E-state index contributed by atoms with van der Waals surface area (Å²) in [6.07, 6.45) is 19.3. The minimum atomic E-state index is -0.211. The average molecular weight is 426 g/mol. The van der Waals surface area contributed by atoms with Gasteiger partial charge in [0.2, 0.25) is 0 Å². The van der Waals surface area contributed by atoms with Gasteiger partial charge in [-0.25, -0.2) is 0 Å². The molecule has 2 nitrogen and oxygen atoms in total. The van der Waals surface area contributed by atoms with Crippen molar-refractivity contribution >= 4 is 29.2 Å². The monoisotopic (exact) mass is 424 g/mol. The molecule has 0 bridgehead atoms. The summed E-state index contributed by atoms with van der Waals surface area (Å²) in [7, 11) is 0. The molecule has 0 saturated carbocycles. The normalized spacial score (nSPS) is 11.0. The van der Waals surface area contributed by atoms with Crippen molar-refractivity contribution in [3.05, 3.63) is 0 Å². The predicted octanol–water partition coefficient (Wildman–Crippen LogP) is 8.66. The van der Waals surface area contributed by atoms with Crippen LogP contribution in [0.25, 0.3) is 0 Å². The summed E-state index contributed by atoms with van der Waals surface area (Å²) in [5, 5.41) is 0. The maximum Gasteiger partial charge on any atom is 0.302 e. The first kappa shape index (κ1) is 29.3. The third-order valence-corrected chi connectivity index (χ3v) is 5.65. The van der Waals surface area contributed by atoms with Crippen LogP contribution in [0.1, 0.15) is 124 Å². The highest BCUT2D eigenvalue weighted by Crippen LogP contribution is 2.35.